The number of hydrogen-bond donors (Lipinski definition) is 1. The molecule has 1 N–H and O–H groups in total. The van der Waals surface area contributed by atoms with Crippen molar-refractivity contribution in [1.82, 2.24) is 10.2 Å². The Morgan fingerprint density at radius 3 is 2.17 bits per heavy atom. The fraction of sp³-hybridized carbons (Fsp3) is 0.333. The maximum Gasteiger partial charge on any atom is 0.264 e. The number of amides is 2. The Balaban J connectivity index is 2.10. The van der Waals surface area contributed by atoms with Gasteiger partial charge in [0.2, 0.25) is 11.8 Å². The second-order valence-corrected chi connectivity index (χ2v) is 12.8. The van der Waals surface area contributed by atoms with Crippen LogP contribution in [0.5, 0.6) is 0 Å². The molecule has 0 aliphatic rings. The molecule has 40 heavy (non-hydrogen) atoms. The molecule has 10 heteroatoms. The molecular formula is C30H35Cl2N3O4S. The zero-order chi connectivity index (χ0) is 29.8. The van der Waals surface area contributed by atoms with Gasteiger partial charge in [-0.2, -0.15) is 0 Å². The highest BCUT2D eigenvalue weighted by atomic mass is 35.5. The standard InChI is InChI=1S/C30H35Cl2N3O4S/c1-19(2)33-30(37)23(6)34(17-24-12-13-25(31)16-27(24)32)29(36)18-35(28-9-7-8-21(4)22(28)5)40(38,39)26-14-10-20(3)11-15-26/h7-16,19,23H,17-18H2,1-6H3,(H,33,37)/t23-/m1/s1. The lowest BCUT2D eigenvalue weighted by Gasteiger charge is -2.33. The van der Waals surface area contributed by atoms with Crippen LogP contribution in [0.15, 0.2) is 65.6 Å². The molecule has 2 amide bonds. The first-order valence-electron chi connectivity index (χ1n) is 12.9. The van der Waals surface area contributed by atoms with E-state index in [0.717, 1.165) is 21.0 Å². The summed E-state index contributed by atoms with van der Waals surface area (Å²) in [7, 11) is -4.15. The van der Waals surface area contributed by atoms with Gasteiger partial charge in [-0.1, -0.05) is 59.1 Å². The fourth-order valence-corrected chi connectivity index (χ4v) is 6.12. The maximum atomic E-state index is 14.0. The molecular weight excluding hydrogens is 569 g/mol. The van der Waals surface area contributed by atoms with E-state index in [1.165, 1.54) is 17.0 Å². The van der Waals surface area contributed by atoms with E-state index in [1.54, 1.807) is 49.4 Å². The maximum absolute atomic E-state index is 14.0. The van der Waals surface area contributed by atoms with Crippen LogP contribution < -0.4 is 9.62 Å². The number of hydrogen-bond acceptors (Lipinski definition) is 4. The average Bonchev–Trinajstić information content (AvgIpc) is 2.88. The van der Waals surface area contributed by atoms with Crippen LogP contribution in [0.4, 0.5) is 5.69 Å². The molecule has 3 aromatic rings. The summed E-state index contributed by atoms with van der Waals surface area (Å²) in [5, 5.41) is 3.60. The molecule has 0 radical (unpaired) electrons. The highest BCUT2D eigenvalue weighted by Gasteiger charge is 2.33. The summed E-state index contributed by atoms with van der Waals surface area (Å²) in [6, 6.07) is 15.6. The van der Waals surface area contributed by atoms with E-state index in [2.05, 4.69) is 5.32 Å². The van der Waals surface area contributed by atoms with E-state index in [0.29, 0.717) is 21.3 Å². The quantitative estimate of drug-likeness (QED) is 0.305. The van der Waals surface area contributed by atoms with E-state index in [-0.39, 0.29) is 23.4 Å². The van der Waals surface area contributed by atoms with Gasteiger partial charge in [-0.25, -0.2) is 8.42 Å². The topological polar surface area (TPSA) is 86.8 Å². The average molecular weight is 605 g/mol. The zero-order valence-electron chi connectivity index (χ0n) is 23.5. The van der Waals surface area contributed by atoms with Gasteiger partial charge in [0, 0.05) is 22.6 Å². The van der Waals surface area contributed by atoms with Crippen LogP contribution in [0, 0.1) is 20.8 Å². The van der Waals surface area contributed by atoms with Crippen LogP contribution in [-0.4, -0.2) is 43.8 Å². The molecule has 0 bridgehead atoms. The number of sulfonamides is 1. The smallest absolute Gasteiger partial charge is 0.264 e. The van der Waals surface area contributed by atoms with Crippen molar-refractivity contribution in [3.05, 3.63) is 93.0 Å². The first-order chi connectivity index (χ1) is 18.7. The third-order valence-corrected chi connectivity index (χ3v) is 9.05. The van der Waals surface area contributed by atoms with Crippen molar-refractivity contribution >= 4 is 50.7 Å². The van der Waals surface area contributed by atoms with Gasteiger partial charge in [0.05, 0.1) is 10.6 Å². The first-order valence-corrected chi connectivity index (χ1v) is 15.1. The van der Waals surface area contributed by atoms with Gasteiger partial charge in [-0.05, 0) is 88.6 Å². The summed E-state index contributed by atoms with van der Waals surface area (Å²) in [4.78, 5) is 28.5. The van der Waals surface area contributed by atoms with Crippen molar-refractivity contribution in [3.8, 4) is 0 Å². The Kier molecular flexibility index (Phi) is 10.3. The second kappa shape index (κ2) is 13.1. The second-order valence-electron chi connectivity index (χ2n) is 10.1. The largest absolute Gasteiger partial charge is 0.352 e. The molecule has 0 unspecified atom stereocenters. The van der Waals surface area contributed by atoms with E-state index < -0.39 is 28.5 Å². The van der Waals surface area contributed by atoms with E-state index in [9.17, 15) is 18.0 Å². The van der Waals surface area contributed by atoms with Gasteiger partial charge in [-0.15, -0.1) is 0 Å². The Morgan fingerprint density at radius 1 is 0.925 bits per heavy atom. The minimum atomic E-state index is -4.15. The number of rotatable bonds is 10. The number of anilines is 1. The van der Waals surface area contributed by atoms with Crippen molar-refractivity contribution in [1.29, 1.82) is 0 Å². The van der Waals surface area contributed by atoms with Crippen molar-refractivity contribution in [2.24, 2.45) is 0 Å². The Bertz CT molecular complexity index is 1490. The third-order valence-electron chi connectivity index (χ3n) is 6.69. The first kappa shape index (κ1) is 31.5. The van der Waals surface area contributed by atoms with Crippen LogP contribution in [0.25, 0.3) is 0 Å². The van der Waals surface area contributed by atoms with Crippen molar-refractivity contribution in [2.75, 3.05) is 10.8 Å². The monoisotopic (exact) mass is 603 g/mol. The van der Waals surface area contributed by atoms with Crippen LogP contribution in [-0.2, 0) is 26.2 Å². The van der Waals surface area contributed by atoms with Crippen LogP contribution in [0.3, 0.4) is 0 Å². The van der Waals surface area contributed by atoms with E-state index in [1.807, 2.05) is 40.7 Å². The summed E-state index contributed by atoms with van der Waals surface area (Å²) in [6.07, 6.45) is 0. The van der Waals surface area contributed by atoms with Gasteiger partial charge in [-0.3, -0.25) is 13.9 Å². The summed E-state index contributed by atoms with van der Waals surface area (Å²) >= 11 is 12.5. The van der Waals surface area contributed by atoms with Crippen molar-refractivity contribution < 1.29 is 18.0 Å². The molecule has 0 aliphatic carbocycles. The van der Waals surface area contributed by atoms with Crippen LogP contribution >= 0.6 is 23.2 Å². The Hall–Kier alpha value is -3.07. The lowest BCUT2D eigenvalue weighted by Crippen LogP contribution is -2.52. The van der Waals surface area contributed by atoms with Gasteiger partial charge in [0.15, 0.2) is 0 Å². The number of carbonyl (C=O) groups is 2. The number of carbonyl (C=O) groups excluding carboxylic acids is 2. The van der Waals surface area contributed by atoms with Gasteiger partial charge < -0.3 is 10.2 Å². The summed E-state index contributed by atoms with van der Waals surface area (Å²) in [5.41, 5.74) is 3.47. The molecule has 0 aromatic heterocycles. The molecule has 0 spiro atoms. The van der Waals surface area contributed by atoms with Crippen molar-refractivity contribution in [3.63, 3.8) is 0 Å². The summed E-state index contributed by atoms with van der Waals surface area (Å²) < 4.78 is 29.1. The molecule has 0 heterocycles. The molecule has 0 saturated carbocycles. The Morgan fingerprint density at radius 2 is 1.57 bits per heavy atom. The van der Waals surface area contributed by atoms with E-state index in [4.69, 9.17) is 23.2 Å². The van der Waals surface area contributed by atoms with Crippen molar-refractivity contribution in [2.45, 2.75) is 65.1 Å². The molecule has 7 nitrogen and oxygen atoms in total. The molecule has 3 aromatic carbocycles. The molecule has 1 atom stereocenters. The van der Waals surface area contributed by atoms with Gasteiger partial charge in [0.25, 0.3) is 10.0 Å². The lowest BCUT2D eigenvalue weighted by atomic mass is 10.1. The summed E-state index contributed by atoms with van der Waals surface area (Å²) in [5.74, 6) is -0.929. The van der Waals surface area contributed by atoms with Gasteiger partial charge >= 0.3 is 0 Å². The predicted octanol–water partition coefficient (Wildman–Crippen LogP) is 6.06. The Labute approximate surface area is 247 Å². The number of nitrogens with one attached hydrogen (secondary N) is 1. The summed E-state index contributed by atoms with van der Waals surface area (Å²) in [6.45, 7) is 10.3. The third kappa shape index (κ3) is 7.36. The van der Waals surface area contributed by atoms with Crippen LogP contribution in [0.1, 0.15) is 43.0 Å². The normalized spacial score (nSPS) is 12.2. The number of halogens is 2. The van der Waals surface area contributed by atoms with E-state index >= 15 is 0 Å². The molecule has 214 valence electrons. The molecule has 0 saturated heterocycles. The number of aryl methyl sites for hydroxylation is 2. The van der Waals surface area contributed by atoms with Gasteiger partial charge in [0.1, 0.15) is 12.6 Å². The SMILES string of the molecule is Cc1ccc(S(=O)(=O)N(CC(=O)N(Cc2ccc(Cl)cc2Cl)[C@H](C)C(=O)NC(C)C)c2cccc(C)c2C)cc1. The van der Waals surface area contributed by atoms with Crippen LogP contribution in [0.2, 0.25) is 10.0 Å². The predicted molar refractivity (Wildman–Crippen MR) is 161 cm³/mol. The minimum absolute atomic E-state index is 0.0211. The molecule has 0 fully saturated rings. The fourth-order valence-electron chi connectivity index (χ4n) is 4.18. The highest BCUT2D eigenvalue weighted by Crippen LogP contribution is 2.30. The lowest BCUT2D eigenvalue weighted by molar-refractivity contribution is -0.139. The highest BCUT2D eigenvalue weighted by molar-refractivity contribution is 7.92. The minimum Gasteiger partial charge on any atom is -0.352 e. The molecule has 0 aliphatic heterocycles. The molecule has 3 rings (SSSR count). The number of benzene rings is 3. The zero-order valence-corrected chi connectivity index (χ0v) is 25.9. The number of nitrogens with zero attached hydrogens (tertiary/aromatic N) is 2.